The number of fused-ring (bicyclic) bond motifs is 3. The van der Waals surface area contributed by atoms with Crippen LogP contribution >= 0.6 is 0 Å². The van der Waals surface area contributed by atoms with E-state index in [9.17, 15) is 15.3 Å². The first kappa shape index (κ1) is 49.9. The number of imidazole rings is 2. The van der Waals surface area contributed by atoms with Crippen molar-refractivity contribution >= 4 is 51.1 Å². The van der Waals surface area contributed by atoms with E-state index in [4.69, 9.17) is 39.0 Å². The Morgan fingerprint density at radius 3 is 1.54 bits per heavy atom. The number of aliphatic hydroxyl groups excluding tert-OH is 4. The van der Waals surface area contributed by atoms with Crippen molar-refractivity contribution in [2.75, 3.05) is 24.7 Å². The molecule has 0 radical (unpaired) electrons. The number of anilines is 2. The van der Waals surface area contributed by atoms with Gasteiger partial charge in [-0.15, -0.1) is 0 Å². The number of nitrogens with zero attached hydrogens (tertiary/aromatic N) is 8. The zero-order valence-electron chi connectivity index (χ0n) is 31.2. The molecule has 8 atom stereocenters. The lowest BCUT2D eigenvalue weighted by molar-refractivity contribution is -0.0570. The van der Waals surface area contributed by atoms with Crippen LogP contribution in [0.5, 0.6) is 0 Å². The first-order chi connectivity index (χ1) is 25.1. The summed E-state index contributed by atoms with van der Waals surface area (Å²) >= 11 is 0. The molecule has 3 fully saturated rings. The SMILES string of the molecule is C.C.C.C.CC(C)[Si]1(C(C)C)OC[C@@H]2O[C@H](n3cnc4c(N)ncnc43)C(O)[C@@H]2O[Si](C(C)C)(C(C)C)O1.Nc1ncnc2c1ncn2[C@H]1O[C@@H](CO)[C@@H](O)C1O. The van der Waals surface area contributed by atoms with Crippen LogP contribution in [-0.2, 0) is 22.4 Å². The molecule has 21 heteroatoms. The number of nitrogen functional groups attached to an aromatic ring is 2. The molecule has 0 amide bonds. The highest BCUT2D eigenvalue weighted by atomic mass is 28.5. The summed E-state index contributed by atoms with van der Waals surface area (Å²) in [5.41, 5.74) is 14.2. The van der Waals surface area contributed by atoms with Crippen molar-refractivity contribution in [1.29, 1.82) is 0 Å². The average Bonchev–Trinajstić information content (AvgIpc) is 3.86. The van der Waals surface area contributed by atoms with Gasteiger partial charge in [0.25, 0.3) is 0 Å². The topological polar surface area (TPSA) is 266 Å². The molecule has 4 aromatic heterocycles. The molecular formula is C36H68N10O9Si2. The number of hydrogen-bond acceptors (Lipinski definition) is 17. The van der Waals surface area contributed by atoms with Gasteiger partial charge in [-0.2, -0.15) is 0 Å². The quantitative estimate of drug-likeness (QED) is 0.142. The van der Waals surface area contributed by atoms with Gasteiger partial charge in [0.05, 0.1) is 25.9 Å². The predicted molar refractivity (Wildman–Crippen MR) is 223 cm³/mol. The van der Waals surface area contributed by atoms with Gasteiger partial charge in [0, 0.05) is 0 Å². The Kier molecular flexibility index (Phi) is 16.8. The smallest absolute Gasteiger partial charge is 0.335 e. The maximum atomic E-state index is 11.5. The van der Waals surface area contributed by atoms with Crippen LogP contribution in [0.2, 0.25) is 22.2 Å². The highest BCUT2D eigenvalue weighted by Gasteiger charge is 2.61. The number of aliphatic hydroxyl groups is 4. The Morgan fingerprint density at radius 2 is 1.12 bits per heavy atom. The van der Waals surface area contributed by atoms with E-state index in [-0.39, 0.29) is 63.5 Å². The summed E-state index contributed by atoms with van der Waals surface area (Å²) in [5.74, 6) is 0.501. The van der Waals surface area contributed by atoms with Gasteiger partial charge in [-0.3, -0.25) is 9.13 Å². The molecule has 3 saturated heterocycles. The lowest BCUT2D eigenvalue weighted by Gasteiger charge is -2.51. The third-order valence-corrected chi connectivity index (χ3v) is 20.7. The standard InChI is InChI=1S/C22H39N5O5Si2.C10H13N5O4.4CH4/c1-12(2)33(13(3)4)29-9-16-19(31-34(32-33,14(5)6)15(7)8)18(28)22(30-16)27-11-26-17-20(23)24-10-25-21(17)27;11-8-5-9(13-2-12-8)15(3-14-5)10-7(18)6(17)4(1-16)19-10;;;;/h10-16,18-19,22,28H,9H2,1-8H3,(H2,23,24,25);2-4,6-7,10,16-18H,1H2,(H2,11,12,13);4*1H4/t16-,18?,19+,22-;4-,6+,7?,10-;;;;/m00..../s1. The zero-order valence-corrected chi connectivity index (χ0v) is 33.2. The third-order valence-electron chi connectivity index (χ3n) is 10.5. The molecule has 57 heavy (non-hydrogen) atoms. The molecule has 7 heterocycles. The second kappa shape index (κ2) is 19.2. The first-order valence-corrected chi connectivity index (χ1v) is 21.9. The Morgan fingerprint density at radius 1 is 0.667 bits per heavy atom. The van der Waals surface area contributed by atoms with E-state index in [2.05, 4.69) is 85.3 Å². The molecular weight excluding hydrogens is 773 g/mol. The second-order valence-electron chi connectivity index (χ2n) is 15.0. The largest absolute Gasteiger partial charge is 0.414 e. The summed E-state index contributed by atoms with van der Waals surface area (Å²) in [7, 11) is -5.54. The Balaban J connectivity index is 0.000000418. The molecule has 19 nitrogen and oxygen atoms in total. The molecule has 8 N–H and O–H groups in total. The van der Waals surface area contributed by atoms with E-state index in [0.717, 1.165) is 0 Å². The van der Waals surface area contributed by atoms with Gasteiger partial charge >= 0.3 is 17.1 Å². The molecule has 0 aliphatic carbocycles. The fraction of sp³-hybridized carbons (Fsp3) is 0.722. The summed E-state index contributed by atoms with van der Waals surface area (Å²) in [6.45, 7) is 17.3. The van der Waals surface area contributed by atoms with Gasteiger partial charge < -0.3 is 54.3 Å². The minimum atomic E-state index is -2.86. The van der Waals surface area contributed by atoms with Gasteiger partial charge in [0.15, 0.2) is 35.4 Å². The number of ether oxygens (including phenoxy) is 2. The summed E-state index contributed by atoms with van der Waals surface area (Å²) in [6.07, 6.45) is -1.20. The van der Waals surface area contributed by atoms with E-state index >= 15 is 0 Å². The molecule has 3 aliphatic rings. The van der Waals surface area contributed by atoms with E-state index in [1.54, 1.807) is 10.9 Å². The predicted octanol–water partition coefficient (Wildman–Crippen LogP) is 4.19. The van der Waals surface area contributed by atoms with Crippen molar-refractivity contribution in [2.24, 2.45) is 0 Å². The van der Waals surface area contributed by atoms with Crippen molar-refractivity contribution in [2.45, 2.75) is 156 Å². The van der Waals surface area contributed by atoms with E-state index in [1.807, 2.05) is 0 Å². The van der Waals surface area contributed by atoms with E-state index in [1.165, 1.54) is 23.5 Å². The molecule has 0 saturated carbocycles. The monoisotopic (exact) mass is 840 g/mol. The second-order valence-corrected chi connectivity index (χ2v) is 23.9. The third kappa shape index (κ3) is 8.60. The van der Waals surface area contributed by atoms with Crippen LogP contribution < -0.4 is 11.5 Å². The fourth-order valence-corrected chi connectivity index (χ4v) is 18.8. The molecule has 3 aliphatic heterocycles. The van der Waals surface area contributed by atoms with Crippen LogP contribution in [0.4, 0.5) is 11.6 Å². The van der Waals surface area contributed by atoms with Crippen LogP contribution in [0.1, 0.15) is 97.6 Å². The molecule has 0 aromatic carbocycles. The van der Waals surface area contributed by atoms with Crippen molar-refractivity contribution in [1.82, 2.24) is 39.0 Å². The lowest BCUT2D eigenvalue weighted by Crippen LogP contribution is -2.65. The minimum Gasteiger partial charge on any atom is -0.414 e. The number of nitrogens with two attached hydrogens (primary N) is 2. The van der Waals surface area contributed by atoms with Gasteiger partial charge in [0.1, 0.15) is 60.3 Å². The molecule has 7 rings (SSSR count). The molecule has 4 aromatic rings. The fourth-order valence-electron chi connectivity index (χ4n) is 7.59. The van der Waals surface area contributed by atoms with Gasteiger partial charge in [-0.05, 0) is 22.2 Å². The van der Waals surface area contributed by atoms with Gasteiger partial charge in [-0.1, -0.05) is 85.1 Å². The van der Waals surface area contributed by atoms with Crippen LogP contribution in [0, 0.1) is 0 Å². The highest BCUT2D eigenvalue weighted by Crippen LogP contribution is 2.48. The lowest BCUT2D eigenvalue weighted by atomic mass is 10.1. The van der Waals surface area contributed by atoms with Gasteiger partial charge in [-0.25, -0.2) is 29.9 Å². The minimum absolute atomic E-state index is 0. The first-order valence-electron chi connectivity index (χ1n) is 17.9. The molecule has 0 spiro atoms. The maximum Gasteiger partial charge on any atom is 0.335 e. The summed E-state index contributed by atoms with van der Waals surface area (Å²) < 4.78 is 35.9. The van der Waals surface area contributed by atoms with Crippen molar-refractivity contribution < 1.29 is 42.9 Å². The molecule has 324 valence electrons. The average molecular weight is 841 g/mol. The van der Waals surface area contributed by atoms with Crippen LogP contribution in [0.3, 0.4) is 0 Å². The van der Waals surface area contributed by atoms with Crippen molar-refractivity contribution in [3.63, 3.8) is 0 Å². The number of rotatable bonds is 7. The van der Waals surface area contributed by atoms with Crippen molar-refractivity contribution in [3.8, 4) is 0 Å². The van der Waals surface area contributed by atoms with E-state index < -0.39 is 72.8 Å². The number of aromatic nitrogens is 8. The Hall–Kier alpha value is -3.23. The highest BCUT2D eigenvalue weighted by molar-refractivity contribution is 6.84. The summed E-state index contributed by atoms with van der Waals surface area (Å²) in [5, 5.41) is 40.2. The molecule has 0 bridgehead atoms. The Labute approximate surface area is 338 Å². The zero-order chi connectivity index (χ0) is 38.6. The Bertz CT molecular complexity index is 1870. The number of hydrogen-bond donors (Lipinski definition) is 6. The van der Waals surface area contributed by atoms with Crippen LogP contribution in [0.25, 0.3) is 22.3 Å². The van der Waals surface area contributed by atoms with Crippen LogP contribution in [-0.4, -0.2) is 126 Å². The molecule has 2 unspecified atom stereocenters. The van der Waals surface area contributed by atoms with E-state index in [0.29, 0.717) is 28.9 Å². The summed E-state index contributed by atoms with van der Waals surface area (Å²) in [4.78, 5) is 24.6. The van der Waals surface area contributed by atoms with Crippen LogP contribution in [0.15, 0.2) is 25.3 Å². The summed E-state index contributed by atoms with van der Waals surface area (Å²) in [6, 6.07) is 0. The normalized spacial score (nSPS) is 27.8. The van der Waals surface area contributed by atoms with Crippen molar-refractivity contribution in [3.05, 3.63) is 25.3 Å². The van der Waals surface area contributed by atoms with Gasteiger partial charge in [0.2, 0.25) is 0 Å². The maximum absolute atomic E-state index is 11.5.